The summed E-state index contributed by atoms with van der Waals surface area (Å²) in [6, 6.07) is 18.2. The van der Waals surface area contributed by atoms with Crippen molar-refractivity contribution in [1.82, 2.24) is 15.0 Å². The van der Waals surface area contributed by atoms with E-state index in [4.69, 9.17) is 14.5 Å². The van der Waals surface area contributed by atoms with E-state index < -0.39 is 0 Å². The van der Waals surface area contributed by atoms with Crippen LogP contribution in [0.1, 0.15) is 5.56 Å². The van der Waals surface area contributed by atoms with Gasteiger partial charge in [-0.05, 0) is 37.3 Å². The van der Waals surface area contributed by atoms with Crippen LogP contribution in [0.25, 0.3) is 33.9 Å². The van der Waals surface area contributed by atoms with Gasteiger partial charge in [-0.15, -0.1) is 0 Å². The van der Waals surface area contributed by atoms with E-state index in [0.717, 1.165) is 45.4 Å². The van der Waals surface area contributed by atoms with Gasteiger partial charge in [-0.1, -0.05) is 29.8 Å². The van der Waals surface area contributed by atoms with Crippen LogP contribution in [0.4, 0.5) is 0 Å². The van der Waals surface area contributed by atoms with Crippen LogP contribution in [-0.4, -0.2) is 21.7 Å². The van der Waals surface area contributed by atoms with Crippen LogP contribution >= 0.6 is 0 Å². The molecule has 0 atom stereocenters. The number of aryl methyl sites for hydroxylation is 1. The molecule has 3 heterocycles. The number of imidazole rings is 1. The van der Waals surface area contributed by atoms with Crippen molar-refractivity contribution in [3.05, 3.63) is 72.6 Å². The molecule has 5 rings (SSSR count). The molecule has 27 heavy (non-hydrogen) atoms. The van der Waals surface area contributed by atoms with E-state index in [1.54, 1.807) is 12.4 Å². The number of H-pyrrole nitrogens is 1. The molecule has 0 bridgehead atoms. The highest BCUT2D eigenvalue weighted by atomic mass is 16.7. The minimum absolute atomic E-state index is 0.258. The van der Waals surface area contributed by atoms with Crippen molar-refractivity contribution >= 4 is 0 Å². The molecule has 5 nitrogen and oxygen atoms in total. The topological polar surface area (TPSA) is 60.0 Å². The molecule has 2 aromatic carbocycles. The zero-order chi connectivity index (χ0) is 18.2. The molecule has 0 amide bonds. The number of ether oxygens (including phenoxy) is 2. The van der Waals surface area contributed by atoms with Gasteiger partial charge in [0.15, 0.2) is 11.5 Å². The highest BCUT2D eigenvalue weighted by Crippen LogP contribution is 2.37. The summed E-state index contributed by atoms with van der Waals surface area (Å²) in [5.41, 5.74) is 6.15. The third kappa shape index (κ3) is 2.83. The number of nitrogens with one attached hydrogen (secondary N) is 1. The number of rotatable bonds is 3. The summed E-state index contributed by atoms with van der Waals surface area (Å²) in [7, 11) is 0. The Balaban J connectivity index is 1.66. The Bertz CT molecular complexity index is 1100. The van der Waals surface area contributed by atoms with E-state index >= 15 is 0 Å². The maximum absolute atomic E-state index is 5.51. The molecule has 0 fully saturated rings. The second-order valence-electron chi connectivity index (χ2n) is 6.48. The monoisotopic (exact) mass is 355 g/mol. The molecule has 0 radical (unpaired) electrons. The Labute approximate surface area is 156 Å². The second-order valence-corrected chi connectivity index (χ2v) is 6.48. The molecule has 1 aliphatic rings. The molecule has 5 heteroatoms. The molecule has 0 saturated heterocycles. The Morgan fingerprint density at radius 3 is 2.37 bits per heavy atom. The first-order chi connectivity index (χ1) is 13.3. The molecule has 1 aliphatic heterocycles. The van der Waals surface area contributed by atoms with E-state index in [2.05, 4.69) is 41.2 Å². The first-order valence-corrected chi connectivity index (χ1v) is 8.75. The number of benzene rings is 2. The third-order valence-corrected chi connectivity index (χ3v) is 4.64. The first kappa shape index (κ1) is 15.6. The molecule has 132 valence electrons. The lowest BCUT2D eigenvalue weighted by molar-refractivity contribution is 0.174. The van der Waals surface area contributed by atoms with E-state index in [9.17, 15) is 0 Å². The maximum Gasteiger partial charge on any atom is 0.231 e. The van der Waals surface area contributed by atoms with E-state index in [0.29, 0.717) is 0 Å². The number of fused-ring (bicyclic) bond motifs is 1. The molecule has 0 aliphatic carbocycles. The fraction of sp³-hybridized carbons (Fsp3) is 0.0909. The van der Waals surface area contributed by atoms with Crippen molar-refractivity contribution in [2.45, 2.75) is 6.92 Å². The minimum atomic E-state index is 0.258. The van der Waals surface area contributed by atoms with Gasteiger partial charge in [0.05, 0.1) is 11.4 Å². The number of pyridine rings is 1. The summed E-state index contributed by atoms with van der Waals surface area (Å²) in [6.07, 6.45) is 3.57. The van der Waals surface area contributed by atoms with E-state index in [1.165, 1.54) is 5.56 Å². The van der Waals surface area contributed by atoms with Gasteiger partial charge in [-0.3, -0.25) is 4.98 Å². The second kappa shape index (κ2) is 6.29. The van der Waals surface area contributed by atoms with Crippen LogP contribution in [0.15, 0.2) is 67.0 Å². The largest absolute Gasteiger partial charge is 0.454 e. The van der Waals surface area contributed by atoms with Crippen molar-refractivity contribution in [3.8, 4) is 45.4 Å². The number of hydrogen-bond donors (Lipinski definition) is 1. The molecule has 1 N–H and O–H groups in total. The van der Waals surface area contributed by atoms with Crippen LogP contribution in [0.5, 0.6) is 11.5 Å². The Morgan fingerprint density at radius 1 is 0.815 bits per heavy atom. The van der Waals surface area contributed by atoms with Crippen LogP contribution < -0.4 is 9.47 Å². The van der Waals surface area contributed by atoms with Crippen molar-refractivity contribution in [3.63, 3.8) is 0 Å². The molecular weight excluding hydrogens is 338 g/mol. The average Bonchev–Trinajstić information content (AvgIpc) is 3.36. The lowest BCUT2D eigenvalue weighted by Crippen LogP contribution is -1.92. The summed E-state index contributed by atoms with van der Waals surface area (Å²) < 4.78 is 10.9. The summed E-state index contributed by atoms with van der Waals surface area (Å²) in [4.78, 5) is 12.5. The zero-order valence-electron chi connectivity index (χ0n) is 14.8. The van der Waals surface area contributed by atoms with Gasteiger partial charge in [-0.25, -0.2) is 4.98 Å². The van der Waals surface area contributed by atoms with Crippen LogP contribution in [-0.2, 0) is 0 Å². The maximum atomic E-state index is 5.51. The minimum Gasteiger partial charge on any atom is -0.454 e. The SMILES string of the molecule is Cc1ccc(-c2nc(-c3ccc4c(c3)OCO4)[nH]c2-c2ccncc2)cc1. The Kier molecular flexibility index (Phi) is 3.64. The quantitative estimate of drug-likeness (QED) is 0.571. The van der Waals surface area contributed by atoms with Crippen LogP contribution in [0.2, 0.25) is 0 Å². The predicted octanol–water partition coefficient (Wildman–Crippen LogP) is 4.84. The lowest BCUT2D eigenvalue weighted by Gasteiger charge is -2.03. The molecule has 4 aromatic rings. The number of nitrogens with zero attached hydrogens (tertiary/aromatic N) is 2. The molecule has 0 saturated carbocycles. The van der Waals surface area contributed by atoms with Crippen LogP contribution in [0, 0.1) is 6.92 Å². The molecule has 0 spiro atoms. The molecule has 2 aromatic heterocycles. The average molecular weight is 355 g/mol. The fourth-order valence-corrected chi connectivity index (χ4v) is 3.20. The zero-order valence-corrected chi connectivity index (χ0v) is 14.8. The standard InChI is InChI=1S/C22H17N3O2/c1-14-2-4-15(5-3-14)20-21(16-8-10-23-11-9-16)25-22(24-20)17-6-7-18-19(12-17)27-13-26-18/h2-12H,13H2,1H3,(H,24,25). The number of aromatic amines is 1. The van der Waals surface area contributed by atoms with Gasteiger partial charge in [0.2, 0.25) is 6.79 Å². The van der Waals surface area contributed by atoms with Gasteiger partial charge in [-0.2, -0.15) is 0 Å². The summed E-state index contributed by atoms with van der Waals surface area (Å²) in [5, 5.41) is 0. The van der Waals surface area contributed by atoms with Crippen molar-refractivity contribution in [1.29, 1.82) is 0 Å². The molecular formula is C22H17N3O2. The van der Waals surface area contributed by atoms with Crippen LogP contribution in [0.3, 0.4) is 0 Å². The van der Waals surface area contributed by atoms with Gasteiger partial charge >= 0.3 is 0 Å². The smallest absolute Gasteiger partial charge is 0.231 e. The highest BCUT2D eigenvalue weighted by molar-refractivity contribution is 5.81. The van der Waals surface area contributed by atoms with Gasteiger partial charge in [0, 0.05) is 29.1 Å². The predicted molar refractivity (Wildman–Crippen MR) is 104 cm³/mol. The van der Waals surface area contributed by atoms with Crippen molar-refractivity contribution in [2.75, 3.05) is 6.79 Å². The van der Waals surface area contributed by atoms with Gasteiger partial charge in [0.25, 0.3) is 0 Å². The summed E-state index contributed by atoms with van der Waals surface area (Å²) >= 11 is 0. The van der Waals surface area contributed by atoms with Gasteiger partial charge in [0.1, 0.15) is 5.82 Å². The first-order valence-electron chi connectivity index (χ1n) is 8.75. The third-order valence-electron chi connectivity index (χ3n) is 4.64. The Morgan fingerprint density at radius 2 is 1.56 bits per heavy atom. The van der Waals surface area contributed by atoms with E-state index in [-0.39, 0.29) is 6.79 Å². The lowest BCUT2D eigenvalue weighted by atomic mass is 10.0. The van der Waals surface area contributed by atoms with Crippen molar-refractivity contribution in [2.24, 2.45) is 0 Å². The van der Waals surface area contributed by atoms with Gasteiger partial charge < -0.3 is 14.5 Å². The Hall–Kier alpha value is -3.60. The molecule has 0 unspecified atom stereocenters. The number of hydrogen-bond acceptors (Lipinski definition) is 4. The normalized spacial score (nSPS) is 12.3. The number of aromatic nitrogens is 3. The van der Waals surface area contributed by atoms with Crippen molar-refractivity contribution < 1.29 is 9.47 Å². The fourth-order valence-electron chi connectivity index (χ4n) is 3.20. The van der Waals surface area contributed by atoms with E-state index in [1.807, 2.05) is 30.3 Å². The summed E-state index contributed by atoms with van der Waals surface area (Å²) in [5.74, 6) is 2.29. The summed E-state index contributed by atoms with van der Waals surface area (Å²) in [6.45, 7) is 2.34. The highest BCUT2D eigenvalue weighted by Gasteiger charge is 2.18.